The lowest BCUT2D eigenvalue weighted by atomic mass is 10.1. The molecule has 94 valence electrons. The van der Waals surface area contributed by atoms with Crippen LogP contribution in [0.1, 0.15) is 11.1 Å². The van der Waals surface area contributed by atoms with Crippen LogP contribution in [0.3, 0.4) is 0 Å². The topological polar surface area (TPSA) is 56.0 Å². The highest BCUT2D eigenvalue weighted by Gasteiger charge is 2.25. The van der Waals surface area contributed by atoms with Crippen molar-refractivity contribution in [1.82, 2.24) is 15.0 Å². The molecular formula is C12H13ClN4O. The Labute approximate surface area is 110 Å². The maximum atomic E-state index is 11.7. The van der Waals surface area contributed by atoms with Crippen LogP contribution in [0.25, 0.3) is 11.0 Å². The summed E-state index contributed by atoms with van der Waals surface area (Å²) in [4.78, 5) is 6.86. The van der Waals surface area contributed by atoms with Crippen molar-refractivity contribution in [3.8, 4) is 0 Å². The van der Waals surface area contributed by atoms with E-state index in [0.29, 0.717) is 21.9 Å². The van der Waals surface area contributed by atoms with Crippen molar-refractivity contribution in [2.45, 2.75) is 18.9 Å². The normalized spacial score (nSPS) is 18.6. The second-order valence-corrected chi connectivity index (χ2v) is 5.23. The zero-order valence-electron chi connectivity index (χ0n) is 10.2. The average molecular weight is 265 g/mol. The fourth-order valence-corrected chi connectivity index (χ4v) is 2.64. The Morgan fingerprint density at radius 1 is 1.33 bits per heavy atom. The highest BCUT2D eigenvalue weighted by molar-refractivity contribution is 6.28. The molecule has 0 bridgehead atoms. The van der Waals surface area contributed by atoms with Crippen LogP contribution in [0, 0.1) is 5.21 Å². The summed E-state index contributed by atoms with van der Waals surface area (Å²) in [5.41, 5.74) is 3.55. The number of fused-ring (bicyclic) bond motifs is 2. The van der Waals surface area contributed by atoms with E-state index in [0.717, 1.165) is 12.8 Å². The van der Waals surface area contributed by atoms with Gasteiger partial charge in [-0.05, 0) is 60.6 Å². The van der Waals surface area contributed by atoms with Crippen molar-refractivity contribution < 1.29 is 4.85 Å². The van der Waals surface area contributed by atoms with Crippen molar-refractivity contribution in [3.05, 3.63) is 33.8 Å². The molecule has 1 aromatic heterocycles. The average Bonchev–Trinajstić information content (AvgIpc) is 2.69. The molecule has 0 fully saturated rings. The smallest absolute Gasteiger partial charge is 0.290 e. The van der Waals surface area contributed by atoms with Crippen LogP contribution in [-0.2, 0) is 12.8 Å². The molecule has 18 heavy (non-hydrogen) atoms. The predicted octanol–water partition coefficient (Wildman–Crippen LogP) is 0.945. The van der Waals surface area contributed by atoms with Gasteiger partial charge in [0, 0.05) is 17.2 Å². The van der Waals surface area contributed by atoms with Gasteiger partial charge in [0.25, 0.3) is 10.8 Å². The fraction of sp³-hybridized carbons (Fsp3) is 0.417. The Kier molecular flexibility index (Phi) is 2.60. The van der Waals surface area contributed by atoms with Crippen LogP contribution in [0.15, 0.2) is 12.1 Å². The summed E-state index contributed by atoms with van der Waals surface area (Å²) in [6.07, 6.45) is 1.94. The fourth-order valence-electron chi connectivity index (χ4n) is 2.48. The SMILES string of the molecule is CN(C)C1Cc2cc3nc(Cl)n[n+]([O-])c3cc2C1. The van der Waals surface area contributed by atoms with E-state index in [4.69, 9.17) is 11.6 Å². The first-order chi connectivity index (χ1) is 8.54. The summed E-state index contributed by atoms with van der Waals surface area (Å²) in [7, 11) is 4.14. The summed E-state index contributed by atoms with van der Waals surface area (Å²) in [6, 6.07) is 4.33. The lowest BCUT2D eigenvalue weighted by Crippen LogP contribution is -2.32. The van der Waals surface area contributed by atoms with E-state index in [1.165, 1.54) is 11.1 Å². The van der Waals surface area contributed by atoms with E-state index in [2.05, 4.69) is 29.1 Å². The molecule has 1 heterocycles. The molecule has 0 amide bonds. The molecule has 5 nitrogen and oxygen atoms in total. The largest absolute Gasteiger partial charge is 0.594 e. The molecule has 0 saturated carbocycles. The van der Waals surface area contributed by atoms with E-state index in [9.17, 15) is 5.21 Å². The number of hydrogen-bond donors (Lipinski definition) is 0. The Hall–Kier alpha value is -1.46. The minimum Gasteiger partial charge on any atom is -0.594 e. The van der Waals surface area contributed by atoms with E-state index >= 15 is 0 Å². The Morgan fingerprint density at radius 3 is 2.67 bits per heavy atom. The molecule has 0 aliphatic heterocycles. The van der Waals surface area contributed by atoms with E-state index in [1.54, 1.807) is 0 Å². The maximum Gasteiger partial charge on any atom is 0.290 e. The van der Waals surface area contributed by atoms with Gasteiger partial charge in [-0.15, -0.1) is 0 Å². The van der Waals surface area contributed by atoms with Gasteiger partial charge in [-0.1, -0.05) is 0 Å². The molecule has 1 atom stereocenters. The molecule has 2 aromatic rings. The number of halogens is 1. The first-order valence-electron chi connectivity index (χ1n) is 5.80. The first kappa shape index (κ1) is 11.6. The van der Waals surface area contributed by atoms with Crippen molar-refractivity contribution in [3.63, 3.8) is 0 Å². The third kappa shape index (κ3) is 1.79. The van der Waals surface area contributed by atoms with Gasteiger partial charge in [-0.25, -0.2) is 4.98 Å². The minimum atomic E-state index is -0.0143. The van der Waals surface area contributed by atoms with Gasteiger partial charge < -0.3 is 10.1 Å². The van der Waals surface area contributed by atoms with Crippen molar-refractivity contribution in [2.24, 2.45) is 0 Å². The number of nitrogens with zero attached hydrogens (tertiary/aromatic N) is 4. The number of likely N-dealkylation sites (N-methyl/N-ethyl adjacent to an activating group) is 1. The van der Waals surface area contributed by atoms with Crippen LogP contribution in [0.5, 0.6) is 0 Å². The maximum absolute atomic E-state index is 11.7. The van der Waals surface area contributed by atoms with Gasteiger partial charge in [0.15, 0.2) is 0 Å². The summed E-state index contributed by atoms with van der Waals surface area (Å²) in [5, 5.41) is 15.3. The molecule has 1 aliphatic carbocycles. The highest BCUT2D eigenvalue weighted by atomic mass is 35.5. The standard InChI is InChI=1S/C12H13ClN4O/c1-16(2)9-3-7-5-10-11(6-8(7)4-9)17(18)15-12(13)14-10/h5-6,9H,3-4H2,1-2H3. The van der Waals surface area contributed by atoms with Crippen LogP contribution in [0.4, 0.5) is 0 Å². The third-order valence-electron chi connectivity index (χ3n) is 3.53. The number of rotatable bonds is 1. The second-order valence-electron chi connectivity index (χ2n) is 4.89. The molecule has 0 N–H and O–H groups in total. The summed E-state index contributed by atoms with van der Waals surface area (Å²) >= 11 is 5.70. The Bertz CT molecular complexity index is 629. The van der Waals surface area contributed by atoms with Crippen molar-refractivity contribution in [2.75, 3.05) is 14.1 Å². The van der Waals surface area contributed by atoms with Crippen LogP contribution < -0.4 is 4.85 Å². The number of aromatic nitrogens is 3. The monoisotopic (exact) mass is 264 g/mol. The van der Waals surface area contributed by atoms with E-state index in [1.807, 2.05) is 12.1 Å². The minimum absolute atomic E-state index is 0.0143. The second kappa shape index (κ2) is 4.03. The van der Waals surface area contributed by atoms with E-state index < -0.39 is 0 Å². The molecule has 3 rings (SSSR count). The van der Waals surface area contributed by atoms with Crippen LogP contribution in [0.2, 0.25) is 5.28 Å². The Morgan fingerprint density at radius 2 is 2.00 bits per heavy atom. The van der Waals surface area contributed by atoms with Gasteiger partial charge in [-0.2, -0.15) is 0 Å². The molecule has 6 heteroatoms. The number of hydrogen-bond acceptors (Lipinski definition) is 4. The van der Waals surface area contributed by atoms with Crippen LogP contribution in [-0.4, -0.2) is 35.1 Å². The highest BCUT2D eigenvalue weighted by Crippen LogP contribution is 2.27. The molecule has 1 aliphatic rings. The predicted molar refractivity (Wildman–Crippen MR) is 68.4 cm³/mol. The molecule has 0 spiro atoms. The van der Waals surface area contributed by atoms with Gasteiger partial charge in [-0.3, -0.25) is 0 Å². The molecule has 1 aromatic carbocycles. The lowest BCUT2D eigenvalue weighted by molar-refractivity contribution is -0.643. The van der Waals surface area contributed by atoms with Gasteiger partial charge in [0.2, 0.25) is 0 Å². The van der Waals surface area contributed by atoms with Gasteiger partial charge >= 0.3 is 0 Å². The van der Waals surface area contributed by atoms with Crippen LogP contribution >= 0.6 is 11.6 Å². The van der Waals surface area contributed by atoms with Crippen molar-refractivity contribution >= 4 is 22.6 Å². The molecule has 1 unspecified atom stereocenters. The van der Waals surface area contributed by atoms with Crippen molar-refractivity contribution in [1.29, 1.82) is 0 Å². The summed E-state index contributed by atoms with van der Waals surface area (Å²) in [6.45, 7) is 0. The summed E-state index contributed by atoms with van der Waals surface area (Å²) in [5.74, 6) is 0. The molecule has 0 radical (unpaired) electrons. The van der Waals surface area contributed by atoms with Gasteiger partial charge in [0.05, 0.1) is 0 Å². The Balaban J connectivity index is 2.14. The summed E-state index contributed by atoms with van der Waals surface area (Å²) < 4.78 is 0. The van der Waals surface area contributed by atoms with E-state index in [-0.39, 0.29) is 5.28 Å². The number of benzene rings is 1. The quantitative estimate of drug-likeness (QED) is 0.568. The lowest BCUT2D eigenvalue weighted by Gasteiger charge is -2.17. The zero-order chi connectivity index (χ0) is 12.9. The first-order valence-corrected chi connectivity index (χ1v) is 6.17. The van der Waals surface area contributed by atoms with Gasteiger partial charge in [0.1, 0.15) is 5.52 Å². The molecule has 0 saturated heterocycles. The third-order valence-corrected chi connectivity index (χ3v) is 3.69. The molecular weight excluding hydrogens is 252 g/mol. The zero-order valence-corrected chi connectivity index (χ0v) is 11.0.